The van der Waals surface area contributed by atoms with Gasteiger partial charge in [0.15, 0.2) is 0 Å². The number of fused-ring (bicyclic) bond motifs is 1. The molecule has 0 aromatic heterocycles. The van der Waals surface area contributed by atoms with Crippen LogP contribution in [0.2, 0.25) is 0 Å². The summed E-state index contributed by atoms with van der Waals surface area (Å²) < 4.78 is 0. The minimum atomic E-state index is 0.0352. The second kappa shape index (κ2) is 6.13. The zero-order chi connectivity index (χ0) is 14.7. The molecule has 20 heavy (non-hydrogen) atoms. The SMILES string of the molecule is CCC(C)N(C)CCNc1cc2c(cc1N)CC(=O)N2. The Labute approximate surface area is 120 Å². The first-order chi connectivity index (χ1) is 9.51. The van der Waals surface area contributed by atoms with Crippen LogP contribution in [0.15, 0.2) is 12.1 Å². The molecule has 1 aliphatic heterocycles. The highest BCUT2D eigenvalue weighted by Crippen LogP contribution is 2.31. The fourth-order valence-electron chi connectivity index (χ4n) is 2.35. The molecule has 1 unspecified atom stereocenters. The van der Waals surface area contributed by atoms with Crippen molar-refractivity contribution in [1.82, 2.24) is 4.90 Å². The van der Waals surface area contributed by atoms with E-state index >= 15 is 0 Å². The maximum absolute atomic E-state index is 11.4. The number of nitrogens with one attached hydrogen (secondary N) is 2. The minimum absolute atomic E-state index is 0.0352. The molecule has 0 saturated heterocycles. The van der Waals surface area contributed by atoms with Crippen molar-refractivity contribution in [2.45, 2.75) is 32.7 Å². The predicted octanol–water partition coefficient (Wildman–Crippen LogP) is 1.91. The van der Waals surface area contributed by atoms with E-state index in [1.54, 1.807) is 0 Å². The molecule has 1 aromatic carbocycles. The van der Waals surface area contributed by atoms with Gasteiger partial charge in [0.1, 0.15) is 0 Å². The van der Waals surface area contributed by atoms with Gasteiger partial charge in [0.05, 0.1) is 17.8 Å². The zero-order valence-corrected chi connectivity index (χ0v) is 12.5. The fourth-order valence-corrected chi connectivity index (χ4v) is 2.35. The van der Waals surface area contributed by atoms with Gasteiger partial charge in [0, 0.05) is 24.8 Å². The average Bonchev–Trinajstić information content (AvgIpc) is 2.76. The molecular weight excluding hydrogens is 252 g/mol. The van der Waals surface area contributed by atoms with E-state index in [0.29, 0.717) is 18.2 Å². The Kier molecular flexibility index (Phi) is 4.49. The van der Waals surface area contributed by atoms with E-state index in [1.165, 1.54) is 0 Å². The highest BCUT2D eigenvalue weighted by Gasteiger charge is 2.19. The lowest BCUT2D eigenvalue weighted by molar-refractivity contribution is -0.115. The summed E-state index contributed by atoms with van der Waals surface area (Å²) in [6, 6.07) is 4.39. The van der Waals surface area contributed by atoms with Crippen LogP contribution in [0.1, 0.15) is 25.8 Å². The van der Waals surface area contributed by atoms with Crippen LogP contribution in [0, 0.1) is 0 Å². The van der Waals surface area contributed by atoms with Crippen LogP contribution in [0.25, 0.3) is 0 Å². The van der Waals surface area contributed by atoms with Gasteiger partial charge in [-0.3, -0.25) is 4.79 Å². The predicted molar refractivity (Wildman–Crippen MR) is 84.1 cm³/mol. The largest absolute Gasteiger partial charge is 0.397 e. The fraction of sp³-hybridized carbons (Fsp3) is 0.533. The van der Waals surface area contributed by atoms with Gasteiger partial charge in [-0.2, -0.15) is 0 Å². The molecule has 0 saturated carbocycles. The van der Waals surface area contributed by atoms with E-state index in [9.17, 15) is 4.79 Å². The summed E-state index contributed by atoms with van der Waals surface area (Å²) in [7, 11) is 2.13. The number of hydrogen-bond donors (Lipinski definition) is 3. The van der Waals surface area contributed by atoms with Crippen LogP contribution in [0.5, 0.6) is 0 Å². The molecule has 0 aliphatic carbocycles. The highest BCUT2D eigenvalue weighted by atomic mass is 16.1. The number of rotatable bonds is 6. The quantitative estimate of drug-likeness (QED) is 0.694. The van der Waals surface area contributed by atoms with Crippen LogP contribution in [-0.2, 0) is 11.2 Å². The summed E-state index contributed by atoms with van der Waals surface area (Å²) in [5.74, 6) is 0.0352. The van der Waals surface area contributed by atoms with Crippen molar-refractivity contribution in [3.8, 4) is 0 Å². The maximum atomic E-state index is 11.4. The molecule has 2 rings (SSSR count). The Hall–Kier alpha value is -1.75. The van der Waals surface area contributed by atoms with Gasteiger partial charge in [0.2, 0.25) is 5.91 Å². The number of anilines is 3. The van der Waals surface area contributed by atoms with Crippen molar-refractivity contribution in [3.63, 3.8) is 0 Å². The van der Waals surface area contributed by atoms with E-state index in [-0.39, 0.29) is 5.91 Å². The molecule has 1 atom stereocenters. The summed E-state index contributed by atoms with van der Waals surface area (Å²) >= 11 is 0. The first kappa shape index (κ1) is 14.7. The number of benzene rings is 1. The Morgan fingerprint density at radius 3 is 2.95 bits per heavy atom. The van der Waals surface area contributed by atoms with Gasteiger partial charge in [-0.1, -0.05) is 6.92 Å². The third kappa shape index (κ3) is 3.22. The summed E-state index contributed by atoms with van der Waals surface area (Å²) in [6.07, 6.45) is 1.57. The van der Waals surface area contributed by atoms with E-state index in [0.717, 1.165) is 36.4 Å². The van der Waals surface area contributed by atoms with Gasteiger partial charge < -0.3 is 21.3 Å². The summed E-state index contributed by atoms with van der Waals surface area (Å²) in [6.45, 7) is 6.20. The van der Waals surface area contributed by atoms with Crippen LogP contribution in [-0.4, -0.2) is 37.0 Å². The molecule has 5 heteroatoms. The van der Waals surface area contributed by atoms with Crippen LogP contribution in [0.4, 0.5) is 17.1 Å². The summed E-state index contributed by atoms with van der Waals surface area (Å²) in [5.41, 5.74) is 9.48. The average molecular weight is 276 g/mol. The highest BCUT2D eigenvalue weighted by molar-refractivity contribution is 6.00. The molecular formula is C15H24N4O. The van der Waals surface area contributed by atoms with Crippen molar-refractivity contribution in [2.75, 3.05) is 36.5 Å². The minimum Gasteiger partial charge on any atom is -0.397 e. The third-order valence-corrected chi connectivity index (χ3v) is 4.02. The van der Waals surface area contributed by atoms with E-state index in [1.807, 2.05) is 12.1 Å². The van der Waals surface area contributed by atoms with E-state index < -0.39 is 0 Å². The molecule has 4 N–H and O–H groups in total. The first-order valence-electron chi connectivity index (χ1n) is 7.17. The zero-order valence-electron chi connectivity index (χ0n) is 12.5. The molecule has 0 bridgehead atoms. The number of amides is 1. The number of nitrogens with zero attached hydrogens (tertiary/aromatic N) is 1. The number of likely N-dealkylation sites (N-methyl/N-ethyl adjacent to an activating group) is 1. The maximum Gasteiger partial charge on any atom is 0.228 e. The van der Waals surface area contributed by atoms with Crippen LogP contribution in [0.3, 0.4) is 0 Å². The second-order valence-electron chi connectivity index (χ2n) is 5.49. The lowest BCUT2D eigenvalue weighted by Gasteiger charge is -2.24. The summed E-state index contributed by atoms with van der Waals surface area (Å²) in [5, 5.41) is 6.20. The molecule has 0 radical (unpaired) electrons. The first-order valence-corrected chi connectivity index (χ1v) is 7.17. The lowest BCUT2D eigenvalue weighted by atomic mass is 10.1. The normalized spacial score (nSPS) is 15.1. The Morgan fingerprint density at radius 2 is 2.25 bits per heavy atom. The third-order valence-electron chi connectivity index (χ3n) is 4.02. The van der Waals surface area contributed by atoms with Gasteiger partial charge >= 0.3 is 0 Å². The van der Waals surface area contributed by atoms with Gasteiger partial charge in [-0.25, -0.2) is 0 Å². The smallest absolute Gasteiger partial charge is 0.228 e. The number of carbonyl (C=O) groups is 1. The number of nitrogens with two attached hydrogens (primary N) is 1. The topological polar surface area (TPSA) is 70.4 Å². The Balaban J connectivity index is 1.94. The summed E-state index contributed by atoms with van der Waals surface area (Å²) in [4.78, 5) is 13.7. The Bertz CT molecular complexity index is 501. The number of nitrogen functional groups attached to an aromatic ring is 1. The van der Waals surface area contributed by atoms with Gasteiger partial charge in [-0.05, 0) is 38.1 Å². The standard InChI is InChI=1S/C15H24N4O/c1-4-10(2)19(3)6-5-17-14-9-13-11(7-12(14)16)8-15(20)18-13/h7,9-10,17H,4-6,8,16H2,1-3H3,(H,18,20). The molecule has 1 aromatic rings. The van der Waals surface area contributed by atoms with Crippen molar-refractivity contribution in [2.24, 2.45) is 0 Å². The molecule has 1 heterocycles. The molecule has 5 nitrogen and oxygen atoms in total. The van der Waals surface area contributed by atoms with Crippen molar-refractivity contribution in [3.05, 3.63) is 17.7 Å². The van der Waals surface area contributed by atoms with Crippen LogP contribution < -0.4 is 16.4 Å². The lowest BCUT2D eigenvalue weighted by Crippen LogP contribution is -2.32. The van der Waals surface area contributed by atoms with Crippen molar-refractivity contribution in [1.29, 1.82) is 0 Å². The molecule has 1 amide bonds. The second-order valence-corrected chi connectivity index (χ2v) is 5.49. The number of hydrogen-bond acceptors (Lipinski definition) is 4. The van der Waals surface area contributed by atoms with Gasteiger partial charge in [0.25, 0.3) is 0 Å². The molecule has 110 valence electrons. The monoisotopic (exact) mass is 276 g/mol. The van der Waals surface area contributed by atoms with E-state index in [4.69, 9.17) is 5.73 Å². The molecule has 0 spiro atoms. The molecule has 1 aliphatic rings. The van der Waals surface area contributed by atoms with Crippen molar-refractivity contribution < 1.29 is 4.79 Å². The van der Waals surface area contributed by atoms with Crippen molar-refractivity contribution >= 4 is 23.0 Å². The van der Waals surface area contributed by atoms with E-state index in [2.05, 4.69) is 36.4 Å². The van der Waals surface area contributed by atoms with Crippen LogP contribution >= 0.6 is 0 Å². The molecule has 0 fully saturated rings. The van der Waals surface area contributed by atoms with Gasteiger partial charge in [-0.15, -0.1) is 0 Å². The number of carbonyl (C=O) groups excluding carboxylic acids is 1. The Morgan fingerprint density at radius 1 is 1.50 bits per heavy atom.